The maximum absolute atomic E-state index is 13.3. The van der Waals surface area contributed by atoms with Gasteiger partial charge in [-0.25, -0.2) is 18.1 Å². The standard InChI is InChI=1S/C27H34N6O7S/c1-17-6-8-21(18(2)12-17)39-16-24(28)40-20-7-9-22(37-5)23(13-20)41(34,35)29-15-19(3)27-30-25-14-26(31-33(25)32-27)38-11-10-36-4/h6-9,12-14,19,28-29H,10-11,15-16H2,1-5H3,(H,30,32). The highest BCUT2D eigenvalue weighted by molar-refractivity contribution is 7.89. The van der Waals surface area contributed by atoms with E-state index < -0.39 is 10.0 Å². The fourth-order valence-electron chi connectivity index (χ4n) is 3.91. The molecule has 2 aromatic carbocycles. The molecular formula is C27H34N6O7S. The molecular weight excluding hydrogens is 552 g/mol. The van der Waals surface area contributed by atoms with Gasteiger partial charge in [0.05, 0.1) is 13.7 Å². The Hall–Kier alpha value is -4.14. The van der Waals surface area contributed by atoms with Gasteiger partial charge in [-0.15, -0.1) is 5.10 Å². The SMILES string of the molecule is COCCOc1cc2nc(C(C)CNS(=O)(=O)c3cc(OC(=N)COc4ccc(C)cc4C)ccc3OC)[nH]n2n1. The van der Waals surface area contributed by atoms with Gasteiger partial charge in [-0.2, -0.15) is 4.63 Å². The van der Waals surface area contributed by atoms with Crippen molar-refractivity contribution in [2.24, 2.45) is 0 Å². The average Bonchev–Trinajstić information content (AvgIpc) is 3.51. The van der Waals surface area contributed by atoms with E-state index >= 15 is 0 Å². The van der Waals surface area contributed by atoms with E-state index in [0.29, 0.717) is 36.3 Å². The summed E-state index contributed by atoms with van der Waals surface area (Å²) < 4.78 is 57.5. The number of rotatable bonds is 14. The third-order valence-electron chi connectivity index (χ3n) is 6.06. The van der Waals surface area contributed by atoms with Crippen molar-refractivity contribution in [2.45, 2.75) is 31.6 Å². The van der Waals surface area contributed by atoms with Crippen molar-refractivity contribution in [3.8, 4) is 23.1 Å². The van der Waals surface area contributed by atoms with E-state index in [1.165, 1.54) is 29.9 Å². The summed E-state index contributed by atoms with van der Waals surface area (Å²) in [6.45, 7) is 6.45. The Kier molecular flexibility index (Phi) is 9.47. The first-order valence-corrected chi connectivity index (χ1v) is 14.3. The van der Waals surface area contributed by atoms with Crippen molar-refractivity contribution in [2.75, 3.05) is 40.6 Å². The predicted octanol–water partition coefficient (Wildman–Crippen LogP) is 3.23. The van der Waals surface area contributed by atoms with Gasteiger partial charge in [-0.3, -0.25) is 10.5 Å². The number of benzene rings is 2. The van der Waals surface area contributed by atoms with Crippen molar-refractivity contribution < 1.29 is 32.1 Å². The lowest BCUT2D eigenvalue weighted by Crippen LogP contribution is -2.28. The van der Waals surface area contributed by atoms with Crippen molar-refractivity contribution in [1.29, 1.82) is 5.41 Å². The average molecular weight is 587 g/mol. The molecule has 3 N–H and O–H groups in total. The van der Waals surface area contributed by atoms with Crippen LogP contribution in [0.1, 0.15) is 29.8 Å². The number of H-pyrrole nitrogens is 1. The third kappa shape index (κ3) is 7.54. The molecule has 0 aliphatic rings. The summed E-state index contributed by atoms with van der Waals surface area (Å²) in [6, 6.07) is 11.7. The second kappa shape index (κ2) is 13.0. The Morgan fingerprint density at radius 2 is 1.85 bits per heavy atom. The number of nitrogens with zero attached hydrogens (tertiary/aromatic N) is 3. The molecule has 0 fully saturated rings. The van der Waals surface area contributed by atoms with E-state index in [9.17, 15) is 8.42 Å². The van der Waals surface area contributed by atoms with Crippen molar-refractivity contribution >= 4 is 21.6 Å². The minimum atomic E-state index is -4.02. The maximum Gasteiger partial charge on any atom is 0.244 e. The fraction of sp³-hybridized carbons (Fsp3) is 0.370. The van der Waals surface area contributed by atoms with E-state index in [2.05, 4.69) is 19.9 Å². The second-order valence-corrected chi connectivity index (χ2v) is 11.1. The Labute approximate surface area is 238 Å². The zero-order chi connectivity index (χ0) is 29.6. The quantitative estimate of drug-likeness (QED) is 0.114. The van der Waals surface area contributed by atoms with Crippen LogP contribution in [0, 0.1) is 19.3 Å². The summed E-state index contributed by atoms with van der Waals surface area (Å²) in [5.74, 6) is 1.37. The van der Waals surface area contributed by atoms with Crippen molar-refractivity contribution in [3.05, 3.63) is 59.4 Å². The summed E-state index contributed by atoms with van der Waals surface area (Å²) in [5, 5.41) is 15.5. The van der Waals surface area contributed by atoms with Crippen LogP contribution in [0.2, 0.25) is 0 Å². The number of aryl methyl sites for hydroxylation is 2. The highest BCUT2D eigenvalue weighted by atomic mass is 32.2. The van der Waals surface area contributed by atoms with Crippen LogP contribution < -0.4 is 23.7 Å². The number of hydrogen-bond acceptors (Lipinski definition) is 10. The van der Waals surface area contributed by atoms with Crippen LogP contribution in [0.3, 0.4) is 0 Å². The van der Waals surface area contributed by atoms with Crippen LogP contribution in [0.4, 0.5) is 0 Å². The van der Waals surface area contributed by atoms with Gasteiger partial charge in [-0.1, -0.05) is 24.6 Å². The minimum Gasteiger partial charge on any atom is -0.495 e. The Morgan fingerprint density at radius 3 is 2.56 bits per heavy atom. The summed E-state index contributed by atoms with van der Waals surface area (Å²) in [6.07, 6.45) is 0. The molecule has 14 heteroatoms. The van der Waals surface area contributed by atoms with Gasteiger partial charge >= 0.3 is 0 Å². The molecule has 0 saturated heterocycles. The molecule has 0 aliphatic heterocycles. The molecule has 0 bridgehead atoms. The predicted molar refractivity (Wildman–Crippen MR) is 151 cm³/mol. The number of nitrogens with one attached hydrogen (secondary N) is 3. The lowest BCUT2D eigenvalue weighted by Gasteiger charge is -2.15. The second-order valence-electron chi connectivity index (χ2n) is 9.35. The van der Waals surface area contributed by atoms with Gasteiger partial charge in [0.2, 0.25) is 21.8 Å². The number of fused-ring (bicyclic) bond motifs is 1. The van der Waals surface area contributed by atoms with Crippen LogP contribution in [0.25, 0.3) is 5.65 Å². The van der Waals surface area contributed by atoms with Gasteiger partial charge in [-0.05, 0) is 37.6 Å². The molecule has 1 atom stereocenters. The molecule has 4 aromatic rings. The third-order valence-corrected chi connectivity index (χ3v) is 7.51. The molecule has 13 nitrogen and oxygen atoms in total. The van der Waals surface area contributed by atoms with Gasteiger partial charge < -0.3 is 23.7 Å². The van der Waals surface area contributed by atoms with Crippen LogP contribution in [-0.4, -0.2) is 74.7 Å². The summed E-state index contributed by atoms with van der Waals surface area (Å²) in [5.41, 5.74) is 2.59. The molecule has 1 unspecified atom stereocenters. The monoisotopic (exact) mass is 586 g/mol. The van der Waals surface area contributed by atoms with E-state index in [-0.39, 0.29) is 41.4 Å². The van der Waals surface area contributed by atoms with Crippen LogP contribution in [0.15, 0.2) is 47.4 Å². The van der Waals surface area contributed by atoms with E-state index in [1.54, 1.807) is 13.2 Å². The molecule has 0 aliphatic carbocycles. The normalized spacial score (nSPS) is 12.3. The van der Waals surface area contributed by atoms with Crippen molar-refractivity contribution in [3.63, 3.8) is 0 Å². The number of ether oxygens (including phenoxy) is 5. The maximum atomic E-state index is 13.3. The van der Waals surface area contributed by atoms with Crippen LogP contribution in [0.5, 0.6) is 23.1 Å². The highest BCUT2D eigenvalue weighted by Crippen LogP contribution is 2.29. The number of aromatic nitrogens is 4. The Morgan fingerprint density at radius 1 is 1.07 bits per heavy atom. The minimum absolute atomic E-state index is 0.0456. The lowest BCUT2D eigenvalue weighted by atomic mass is 10.1. The fourth-order valence-corrected chi connectivity index (χ4v) is 5.22. The highest BCUT2D eigenvalue weighted by Gasteiger charge is 2.23. The van der Waals surface area contributed by atoms with Gasteiger partial charge in [0.1, 0.15) is 34.6 Å². The first kappa shape index (κ1) is 29.8. The Bertz CT molecular complexity index is 1580. The molecule has 41 heavy (non-hydrogen) atoms. The number of methoxy groups -OCH3 is 2. The summed E-state index contributed by atoms with van der Waals surface area (Å²) >= 11 is 0. The smallest absolute Gasteiger partial charge is 0.244 e. The van der Waals surface area contributed by atoms with Crippen molar-refractivity contribution in [1.82, 2.24) is 24.5 Å². The van der Waals surface area contributed by atoms with E-state index in [4.69, 9.17) is 29.1 Å². The molecule has 0 radical (unpaired) electrons. The topological polar surface area (TPSA) is 162 Å². The molecule has 2 aromatic heterocycles. The molecule has 0 saturated carbocycles. The van der Waals surface area contributed by atoms with Gasteiger partial charge in [0.25, 0.3) is 0 Å². The largest absolute Gasteiger partial charge is 0.495 e. The molecule has 4 rings (SSSR count). The molecule has 0 spiro atoms. The molecule has 0 amide bonds. The molecule has 220 valence electrons. The number of sulfonamides is 1. The van der Waals surface area contributed by atoms with Crippen LogP contribution >= 0.6 is 0 Å². The van der Waals surface area contributed by atoms with E-state index in [0.717, 1.165) is 11.1 Å². The number of aromatic amines is 1. The van der Waals surface area contributed by atoms with Gasteiger partial charge in [0.15, 0.2) is 12.3 Å². The van der Waals surface area contributed by atoms with Crippen LogP contribution in [-0.2, 0) is 14.8 Å². The molecule has 2 heterocycles. The Balaban J connectivity index is 1.38. The first-order valence-electron chi connectivity index (χ1n) is 12.8. The van der Waals surface area contributed by atoms with E-state index in [1.807, 2.05) is 39.0 Å². The number of hydrogen-bond donors (Lipinski definition) is 3. The lowest BCUT2D eigenvalue weighted by molar-refractivity contribution is 0.143. The van der Waals surface area contributed by atoms with Gasteiger partial charge in [0, 0.05) is 31.7 Å². The summed E-state index contributed by atoms with van der Waals surface area (Å²) in [7, 11) is -1.06. The zero-order valence-electron chi connectivity index (χ0n) is 23.6. The first-order chi connectivity index (χ1) is 19.6. The summed E-state index contributed by atoms with van der Waals surface area (Å²) in [4.78, 5) is 4.36. The zero-order valence-corrected chi connectivity index (χ0v) is 24.4.